The number of carbonyl (C=O) groups is 1. The summed E-state index contributed by atoms with van der Waals surface area (Å²) in [6, 6.07) is 2.70. The molecule has 0 aromatic carbocycles. The van der Waals surface area contributed by atoms with Gasteiger partial charge >= 0.3 is 0 Å². The van der Waals surface area contributed by atoms with Crippen molar-refractivity contribution in [2.24, 2.45) is 5.92 Å². The number of likely N-dealkylation sites (tertiary alicyclic amines) is 1. The highest BCUT2D eigenvalue weighted by atomic mass is 79.9. The Morgan fingerprint density at radius 3 is 2.64 bits per heavy atom. The molecule has 0 bridgehead atoms. The summed E-state index contributed by atoms with van der Waals surface area (Å²) in [6.45, 7) is 1.68. The minimum Gasteiger partial charge on any atom is -0.338 e. The van der Waals surface area contributed by atoms with E-state index in [1.165, 1.54) is 22.2 Å². The summed E-state index contributed by atoms with van der Waals surface area (Å²) in [7, 11) is 0. The maximum Gasteiger partial charge on any atom is 0.280 e. The molecular formula is C16H16BrF2N3O2S. The topological polar surface area (TPSA) is 55.2 Å². The number of halogens is 3. The lowest BCUT2D eigenvalue weighted by Gasteiger charge is -2.32. The SMILES string of the molecule is O=C(c1cc(Br)cs1)N1CCC(Cn2cnc(C(F)F)cc2=O)CC1. The monoisotopic (exact) mass is 431 g/mol. The van der Waals surface area contributed by atoms with Gasteiger partial charge in [0.2, 0.25) is 0 Å². The number of nitrogens with zero attached hydrogens (tertiary/aromatic N) is 3. The molecule has 2 aromatic heterocycles. The first-order chi connectivity index (χ1) is 11.9. The lowest BCUT2D eigenvalue weighted by molar-refractivity contribution is 0.0687. The van der Waals surface area contributed by atoms with Gasteiger partial charge in [-0.25, -0.2) is 13.8 Å². The number of amides is 1. The van der Waals surface area contributed by atoms with Gasteiger partial charge in [0.25, 0.3) is 17.9 Å². The van der Waals surface area contributed by atoms with Gasteiger partial charge in [-0.05, 0) is 40.8 Å². The maximum atomic E-state index is 12.5. The van der Waals surface area contributed by atoms with Crippen LogP contribution in [0.3, 0.4) is 0 Å². The Morgan fingerprint density at radius 1 is 1.36 bits per heavy atom. The van der Waals surface area contributed by atoms with Gasteiger partial charge in [0, 0.05) is 35.6 Å². The molecule has 1 amide bonds. The third kappa shape index (κ3) is 4.33. The number of piperidine rings is 1. The number of hydrogen-bond donors (Lipinski definition) is 0. The zero-order valence-corrected chi connectivity index (χ0v) is 15.6. The van der Waals surface area contributed by atoms with E-state index in [9.17, 15) is 18.4 Å². The first kappa shape index (κ1) is 18.2. The average Bonchev–Trinajstić information content (AvgIpc) is 3.03. The normalized spacial score (nSPS) is 15.8. The molecule has 0 radical (unpaired) electrons. The molecule has 2 aromatic rings. The van der Waals surface area contributed by atoms with E-state index >= 15 is 0 Å². The first-order valence-corrected chi connectivity index (χ1v) is 9.49. The summed E-state index contributed by atoms with van der Waals surface area (Å²) in [5.74, 6) is 0.241. The Labute approximate surface area is 155 Å². The van der Waals surface area contributed by atoms with E-state index in [4.69, 9.17) is 0 Å². The highest BCUT2D eigenvalue weighted by Crippen LogP contribution is 2.25. The molecule has 1 aliphatic rings. The van der Waals surface area contributed by atoms with Crippen LogP contribution in [0, 0.1) is 5.92 Å². The van der Waals surface area contributed by atoms with Crippen molar-refractivity contribution < 1.29 is 13.6 Å². The summed E-state index contributed by atoms with van der Waals surface area (Å²) in [4.78, 5) is 30.5. The van der Waals surface area contributed by atoms with Crippen LogP contribution in [-0.4, -0.2) is 33.4 Å². The number of rotatable bonds is 4. The number of carbonyl (C=O) groups excluding carboxylic acids is 1. The summed E-state index contributed by atoms with van der Waals surface area (Å²) >= 11 is 4.75. The molecule has 1 saturated heterocycles. The van der Waals surface area contributed by atoms with Gasteiger partial charge in [-0.3, -0.25) is 14.2 Å². The molecule has 0 unspecified atom stereocenters. The van der Waals surface area contributed by atoms with Crippen molar-refractivity contribution in [3.8, 4) is 0 Å². The third-order valence-electron chi connectivity index (χ3n) is 4.26. The van der Waals surface area contributed by atoms with Crippen LogP contribution >= 0.6 is 27.3 Å². The van der Waals surface area contributed by atoms with Gasteiger partial charge in [0.05, 0.1) is 11.2 Å². The molecule has 0 saturated carbocycles. The summed E-state index contributed by atoms with van der Waals surface area (Å²) < 4.78 is 27.4. The molecule has 1 fully saturated rings. The summed E-state index contributed by atoms with van der Waals surface area (Å²) in [6.07, 6.45) is -0.0263. The molecule has 9 heteroatoms. The van der Waals surface area contributed by atoms with Crippen LogP contribution in [0.5, 0.6) is 0 Å². The zero-order valence-electron chi connectivity index (χ0n) is 13.2. The van der Waals surface area contributed by atoms with E-state index < -0.39 is 17.7 Å². The maximum absolute atomic E-state index is 12.5. The van der Waals surface area contributed by atoms with Gasteiger partial charge in [0.1, 0.15) is 5.69 Å². The van der Waals surface area contributed by atoms with Crippen LogP contribution in [0.15, 0.2) is 33.1 Å². The molecular weight excluding hydrogens is 416 g/mol. The lowest BCUT2D eigenvalue weighted by atomic mass is 9.96. The quantitative estimate of drug-likeness (QED) is 0.743. The van der Waals surface area contributed by atoms with E-state index in [0.717, 1.165) is 23.4 Å². The molecule has 0 atom stereocenters. The second kappa shape index (κ2) is 7.74. The van der Waals surface area contributed by atoms with Crippen LogP contribution in [0.4, 0.5) is 8.78 Å². The number of thiophene rings is 1. The molecule has 0 aliphatic carbocycles. The van der Waals surface area contributed by atoms with Crippen molar-refractivity contribution in [1.82, 2.24) is 14.5 Å². The Kier molecular flexibility index (Phi) is 5.63. The third-order valence-corrected chi connectivity index (χ3v) is 5.94. The van der Waals surface area contributed by atoms with E-state index in [1.807, 2.05) is 16.3 Å². The molecule has 0 spiro atoms. The Balaban J connectivity index is 1.58. The van der Waals surface area contributed by atoms with Crippen molar-refractivity contribution >= 4 is 33.2 Å². The largest absolute Gasteiger partial charge is 0.338 e. The van der Waals surface area contributed by atoms with Crippen LogP contribution in [0.1, 0.15) is 34.6 Å². The highest BCUT2D eigenvalue weighted by Gasteiger charge is 2.25. The van der Waals surface area contributed by atoms with E-state index in [-0.39, 0.29) is 11.8 Å². The number of aromatic nitrogens is 2. The van der Waals surface area contributed by atoms with E-state index in [2.05, 4.69) is 20.9 Å². The Bertz CT molecular complexity index is 816. The molecule has 134 valence electrons. The van der Waals surface area contributed by atoms with E-state index in [1.54, 1.807) is 0 Å². The van der Waals surface area contributed by atoms with Gasteiger partial charge in [0.15, 0.2) is 0 Å². The summed E-state index contributed by atoms with van der Waals surface area (Å²) in [5, 5.41) is 1.88. The van der Waals surface area contributed by atoms with Gasteiger partial charge in [-0.1, -0.05) is 0 Å². The fraction of sp³-hybridized carbons (Fsp3) is 0.438. The predicted molar refractivity (Wildman–Crippen MR) is 94.1 cm³/mol. The zero-order chi connectivity index (χ0) is 18.0. The van der Waals surface area contributed by atoms with Crippen LogP contribution in [0.25, 0.3) is 0 Å². The predicted octanol–water partition coefficient (Wildman–Crippen LogP) is 3.56. The van der Waals surface area contributed by atoms with Crippen molar-refractivity contribution in [3.05, 3.63) is 49.2 Å². The molecule has 5 nitrogen and oxygen atoms in total. The summed E-state index contributed by atoms with van der Waals surface area (Å²) in [5.41, 5.74) is -0.962. The molecule has 25 heavy (non-hydrogen) atoms. The minimum atomic E-state index is -2.74. The fourth-order valence-corrected chi connectivity index (χ4v) is 4.27. The minimum absolute atomic E-state index is 0.0225. The number of hydrogen-bond acceptors (Lipinski definition) is 4. The fourth-order valence-electron chi connectivity index (χ4n) is 2.87. The van der Waals surface area contributed by atoms with Crippen molar-refractivity contribution in [2.45, 2.75) is 25.8 Å². The standard InChI is InChI=1S/C16H16BrF2N3O2S/c17-11-5-13(25-8-11)16(24)21-3-1-10(2-4-21)7-22-9-20-12(15(18)19)6-14(22)23/h5-6,8-10,15H,1-4,7H2. The van der Waals surface area contributed by atoms with Crippen LogP contribution in [0.2, 0.25) is 0 Å². The van der Waals surface area contributed by atoms with Crippen LogP contribution in [-0.2, 0) is 6.54 Å². The smallest absolute Gasteiger partial charge is 0.280 e. The second-order valence-electron chi connectivity index (χ2n) is 5.97. The lowest BCUT2D eigenvalue weighted by Crippen LogP contribution is -2.39. The molecule has 3 rings (SSSR count). The van der Waals surface area contributed by atoms with Gasteiger partial charge in [-0.15, -0.1) is 11.3 Å². The second-order valence-corrected chi connectivity index (χ2v) is 7.80. The molecule has 3 heterocycles. The highest BCUT2D eigenvalue weighted by molar-refractivity contribution is 9.10. The number of alkyl halides is 2. The van der Waals surface area contributed by atoms with E-state index in [0.29, 0.717) is 24.5 Å². The van der Waals surface area contributed by atoms with Crippen LogP contribution < -0.4 is 5.56 Å². The Morgan fingerprint density at radius 2 is 2.08 bits per heavy atom. The molecule has 1 aliphatic heterocycles. The van der Waals surface area contributed by atoms with Crippen molar-refractivity contribution in [1.29, 1.82) is 0 Å². The average molecular weight is 432 g/mol. The Hall–Kier alpha value is -1.61. The molecule has 0 N–H and O–H groups in total. The van der Waals surface area contributed by atoms with Gasteiger partial charge in [-0.2, -0.15) is 0 Å². The van der Waals surface area contributed by atoms with Crippen molar-refractivity contribution in [3.63, 3.8) is 0 Å². The van der Waals surface area contributed by atoms with Crippen molar-refractivity contribution in [2.75, 3.05) is 13.1 Å². The first-order valence-electron chi connectivity index (χ1n) is 7.82. The van der Waals surface area contributed by atoms with Gasteiger partial charge < -0.3 is 4.90 Å².